The van der Waals surface area contributed by atoms with E-state index in [2.05, 4.69) is 10.3 Å². The Labute approximate surface area is 161 Å². The molecule has 7 heteroatoms. The Kier molecular flexibility index (Phi) is 4.89. The summed E-state index contributed by atoms with van der Waals surface area (Å²) >= 11 is 0. The fraction of sp³-hybridized carbons (Fsp3) is 0.190. The normalized spacial score (nSPS) is 16.7. The van der Waals surface area contributed by atoms with Crippen LogP contribution in [-0.2, 0) is 16.1 Å². The van der Waals surface area contributed by atoms with Crippen LogP contribution < -0.4 is 5.32 Å². The number of imidazole rings is 1. The number of carbonyl (C=O) groups excluding carboxylic acids is 2. The Morgan fingerprint density at radius 3 is 2.79 bits per heavy atom. The van der Waals surface area contributed by atoms with Crippen molar-refractivity contribution in [2.24, 2.45) is 0 Å². The number of hydrogen-bond acceptors (Lipinski definition) is 3. The summed E-state index contributed by atoms with van der Waals surface area (Å²) in [6, 6.07) is 14.5. The molecule has 6 nitrogen and oxygen atoms in total. The second-order valence-electron chi connectivity index (χ2n) is 6.58. The zero-order valence-electron chi connectivity index (χ0n) is 15.1. The van der Waals surface area contributed by atoms with Crippen LogP contribution in [0.3, 0.4) is 0 Å². The molecule has 0 bridgehead atoms. The van der Waals surface area contributed by atoms with Crippen LogP contribution in [-0.4, -0.2) is 39.4 Å². The molecule has 1 aromatic heterocycles. The Morgan fingerprint density at radius 2 is 2.00 bits per heavy atom. The van der Waals surface area contributed by atoms with Crippen molar-refractivity contribution in [3.05, 3.63) is 78.4 Å². The van der Waals surface area contributed by atoms with E-state index in [1.165, 1.54) is 17.0 Å². The highest BCUT2D eigenvalue weighted by molar-refractivity contribution is 5.90. The van der Waals surface area contributed by atoms with Gasteiger partial charge < -0.3 is 14.8 Å². The Bertz CT molecular complexity index is 1000. The number of halogens is 1. The molecule has 142 valence electrons. The predicted molar refractivity (Wildman–Crippen MR) is 102 cm³/mol. The largest absolute Gasteiger partial charge is 0.352 e. The average molecular weight is 378 g/mol. The van der Waals surface area contributed by atoms with Gasteiger partial charge in [-0.3, -0.25) is 9.59 Å². The lowest BCUT2D eigenvalue weighted by Gasteiger charge is -2.35. The summed E-state index contributed by atoms with van der Waals surface area (Å²) in [5.74, 6) is -0.291. The van der Waals surface area contributed by atoms with Crippen LogP contribution in [0.1, 0.15) is 11.6 Å². The standard InChI is InChI=1S/C21H19FN4O2/c22-17-8-4-7-16(13-17)19-21(28)24-10-12-26(19)18(27)14-25-11-9-23-20(25)15-5-2-1-3-6-15/h1-9,11,13,19H,10,12,14H2,(H,24,28). The van der Waals surface area contributed by atoms with Gasteiger partial charge in [-0.05, 0) is 17.7 Å². The summed E-state index contributed by atoms with van der Waals surface area (Å²) in [6.07, 6.45) is 3.38. The van der Waals surface area contributed by atoms with Gasteiger partial charge in [-0.1, -0.05) is 42.5 Å². The molecular formula is C21H19FN4O2. The maximum absolute atomic E-state index is 13.7. The zero-order chi connectivity index (χ0) is 19.5. The predicted octanol–water partition coefficient (Wildman–Crippen LogP) is 2.39. The molecule has 0 radical (unpaired) electrons. The lowest BCUT2D eigenvalue weighted by atomic mass is 10.0. The van der Waals surface area contributed by atoms with E-state index in [0.29, 0.717) is 24.5 Å². The third kappa shape index (κ3) is 3.51. The fourth-order valence-electron chi connectivity index (χ4n) is 3.46. The molecule has 0 saturated carbocycles. The molecule has 0 aliphatic carbocycles. The highest BCUT2D eigenvalue weighted by atomic mass is 19.1. The number of amides is 2. The van der Waals surface area contributed by atoms with Crippen LogP contribution in [0.4, 0.5) is 4.39 Å². The maximum Gasteiger partial charge on any atom is 0.247 e. The van der Waals surface area contributed by atoms with Crippen molar-refractivity contribution in [1.29, 1.82) is 0 Å². The molecule has 1 atom stereocenters. The topological polar surface area (TPSA) is 67.2 Å². The minimum atomic E-state index is -0.847. The van der Waals surface area contributed by atoms with Gasteiger partial charge in [0, 0.05) is 31.0 Å². The van der Waals surface area contributed by atoms with E-state index >= 15 is 0 Å². The van der Waals surface area contributed by atoms with E-state index in [0.717, 1.165) is 5.56 Å². The molecule has 2 aromatic carbocycles. The van der Waals surface area contributed by atoms with Crippen LogP contribution in [0.25, 0.3) is 11.4 Å². The fourth-order valence-corrected chi connectivity index (χ4v) is 3.46. The minimum absolute atomic E-state index is 0.0450. The minimum Gasteiger partial charge on any atom is -0.352 e. The van der Waals surface area contributed by atoms with Crippen molar-refractivity contribution in [2.45, 2.75) is 12.6 Å². The maximum atomic E-state index is 13.7. The van der Waals surface area contributed by atoms with Gasteiger partial charge in [0.1, 0.15) is 24.2 Å². The number of carbonyl (C=O) groups is 2. The number of piperazine rings is 1. The monoisotopic (exact) mass is 378 g/mol. The number of rotatable bonds is 4. The van der Waals surface area contributed by atoms with E-state index in [1.54, 1.807) is 29.1 Å². The average Bonchev–Trinajstić information content (AvgIpc) is 3.16. The molecule has 1 aliphatic heterocycles. The summed E-state index contributed by atoms with van der Waals surface area (Å²) in [6.45, 7) is 0.774. The molecule has 1 aliphatic rings. The van der Waals surface area contributed by atoms with Crippen LogP contribution in [0.2, 0.25) is 0 Å². The molecule has 2 heterocycles. The first kappa shape index (κ1) is 17.9. The van der Waals surface area contributed by atoms with Crippen molar-refractivity contribution < 1.29 is 14.0 Å². The summed E-state index contributed by atoms with van der Waals surface area (Å²) in [7, 11) is 0. The van der Waals surface area contributed by atoms with E-state index in [9.17, 15) is 14.0 Å². The summed E-state index contributed by atoms with van der Waals surface area (Å²) in [4.78, 5) is 31.4. The number of benzene rings is 2. The smallest absolute Gasteiger partial charge is 0.247 e. The van der Waals surface area contributed by atoms with E-state index < -0.39 is 11.9 Å². The van der Waals surface area contributed by atoms with Crippen LogP contribution in [0.5, 0.6) is 0 Å². The lowest BCUT2D eigenvalue weighted by Crippen LogP contribution is -2.52. The molecule has 1 N–H and O–H groups in total. The van der Waals surface area contributed by atoms with Crippen molar-refractivity contribution in [2.75, 3.05) is 13.1 Å². The van der Waals surface area contributed by atoms with Gasteiger partial charge >= 0.3 is 0 Å². The summed E-state index contributed by atoms with van der Waals surface area (Å²) < 4.78 is 15.4. The number of aromatic nitrogens is 2. The SMILES string of the molecule is O=C1NCCN(C(=O)Cn2ccnc2-c2ccccc2)C1c1cccc(F)c1. The van der Waals surface area contributed by atoms with Crippen LogP contribution >= 0.6 is 0 Å². The Morgan fingerprint density at radius 1 is 1.18 bits per heavy atom. The first-order valence-electron chi connectivity index (χ1n) is 9.02. The van der Waals surface area contributed by atoms with Crippen LogP contribution in [0.15, 0.2) is 67.0 Å². The first-order valence-corrected chi connectivity index (χ1v) is 9.02. The number of hydrogen-bond donors (Lipinski definition) is 1. The Hall–Kier alpha value is -3.48. The van der Waals surface area contributed by atoms with Gasteiger partial charge in [-0.15, -0.1) is 0 Å². The van der Waals surface area contributed by atoms with Gasteiger partial charge in [0.05, 0.1) is 0 Å². The summed E-state index contributed by atoms with van der Waals surface area (Å²) in [5.41, 5.74) is 1.36. The third-order valence-electron chi connectivity index (χ3n) is 4.75. The Balaban J connectivity index is 1.60. The van der Waals surface area contributed by atoms with Crippen molar-refractivity contribution in [1.82, 2.24) is 19.8 Å². The van der Waals surface area contributed by atoms with Gasteiger partial charge in [0.15, 0.2) is 0 Å². The van der Waals surface area contributed by atoms with E-state index in [-0.39, 0.29) is 18.4 Å². The van der Waals surface area contributed by atoms with Crippen molar-refractivity contribution >= 4 is 11.8 Å². The molecular weight excluding hydrogens is 359 g/mol. The molecule has 28 heavy (non-hydrogen) atoms. The molecule has 2 amide bonds. The van der Waals surface area contributed by atoms with E-state index in [1.807, 2.05) is 30.3 Å². The van der Waals surface area contributed by atoms with Crippen molar-refractivity contribution in [3.63, 3.8) is 0 Å². The van der Waals surface area contributed by atoms with Gasteiger partial charge in [-0.2, -0.15) is 0 Å². The highest BCUT2D eigenvalue weighted by Crippen LogP contribution is 2.25. The second kappa shape index (κ2) is 7.64. The molecule has 4 rings (SSSR count). The third-order valence-corrected chi connectivity index (χ3v) is 4.75. The molecule has 1 saturated heterocycles. The quantitative estimate of drug-likeness (QED) is 0.758. The highest BCUT2D eigenvalue weighted by Gasteiger charge is 2.34. The van der Waals surface area contributed by atoms with Crippen LogP contribution in [0, 0.1) is 5.82 Å². The van der Waals surface area contributed by atoms with Gasteiger partial charge in [0.25, 0.3) is 0 Å². The molecule has 0 spiro atoms. The van der Waals surface area contributed by atoms with Gasteiger partial charge in [0.2, 0.25) is 11.8 Å². The number of nitrogens with zero attached hydrogens (tertiary/aromatic N) is 3. The molecule has 1 unspecified atom stereocenters. The van der Waals surface area contributed by atoms with E-state index in [4.69, 9.17) is 0 Å². The zero-order valence-corrected chi connectivity index (χ0v) is 15.1. The lowest BCUT2D eigenvalue weighted by molar-refractivity contribution is -0.144. The first-order chi connectivity index (χ1) is 13.6. The number of nitrogens with one attached hydrogen (secondary N) is 1. The van der Waals surface area contributed by atoms with Gasteiger partial charge in [-0.25, -0.2) is 9.37 Å². The van der Waals surface area contributed by atoms with Crippen molar-refractivity contribution in [3.8, 4) is 11.4 Å². The summed E-state index contributed by atoms with van der Waals surface area (Å²) in [5, 5.41) is 2.76. The second-order valence-corrected chi connectivity index (χ2v) is 6.58. The molecule has 3 aromatic rings. The molecule has 1 fully saturated rings.